The number of ether oxygens (including phenoxy) is 1. The second-order valence-corrected chi connectivity index (χ2v) is 6.06. The monoisotopic (exact) mass is 272 g/mol. The van der Waals surface area contributed by atoms with Gasteiger partial charge in [-0.1, -0.05) is 38.1 Å². The zero-order chi connectivity index (χ0) is 14.6. The number of morpholine rings is 1. The Hall–Kier alpha value is -1.37. The lowest BCUT2D eigenvalue weighted by Gasteiger charge is -2.38. The highest BCUT2D eigenvalue weighted by Crippen LogP contribution is 2.23. The van der Waals surface area contributed by atoms with Crippen LogP contribution in [0.25, 0.3) is 0 Å². The fourth-order valence-corrected chi connectivity index (χ4v) is 2.70. The highest BCUT2D eigenvalue weighted by atomic mass is 16.5. The number of hydrogen-bond donors (Lipinski definition) is 0. The number of hydrogen-bond acceptors (Lipinski definition) is 3. The Morgan fingerprint density at radius 2 is 1.85 bits per heavy atom. The fourth-order valence-electron chi connectivity index (χ4n) is 2.70. The maximum Gasteiger partial charge on any atom is 0.110 e. The van der Waals surface area contributed by atoms with E-state index in [1.807, 2.05) is 6.92 Å². The first-order valence-corrected chi connectivity index (χ1v) is 7.38. The van der Waals surface area contributed by atoms with Crippen LogP contribution in [0.3, 0.4) is 0 Å². The molecule has 0 saturated carbocycles. The van der Waals surface area contributed by atoms with Crippen molar-refractivity contribution in [1.82, 2.24) is 4.90 Å². The van der Waals surface area contributed by atoms with Gasteiger partial charge in [0.1, 0.15) is 5.54 Å². The molecule has 3 nitrogen and oxygen atoms in total. The predicted octanol–water partition coefficient (Wildman–Crippen LogP) is 2.97. The second kappa shape index (κ2) is 6.39. The molecule has 3 heteroatoms. The fraction of sp³-hybridized carbons (Fsp3) is 0.588. The molecule has 1 saturated heterocycles. The van der Waals surface area contributed by atoms with E-state index in [2.05, 4.69) is 49.1 Å². The summed E-state index contributed by atoms with van der Waals surface area (Å²) >= 11 is 0. The highest BCUT2D eigenvalue weighted by molar-refractivity contribution is 5.27. The average Bonchev–Trinajstić information content (AvgIpc) is 2.48. The van der Waals surface area contributed by atoms with Gasteiger partial charge in [-0.2, -0.15) is 5.26 Å². The molecule has 0 aromatic heterocycles. The van der Waals surface area contributed by atoms with Gasteiger partial charge in [0.2, 0.25) is 0 Å². The number of nitriles is 1. The van der Waals surface area contributed by atoms with Crippen molar-refractivity contribution in [3.8, 4) is 6.07 Å². The molecule has 108 valence electrons. The minimum Gasteiger partial charge on any atom is -0.379 e. The van der Waals surface area contributed by atoms with Crippen molar-refractivity contribution in [1.29, 1.82) is 5.26 Å². The zero-order valence-corrected chi connectivity index (χ0v) is 12.7. The van der Waals surface area contributed by atoms with E-state index in [-0.39, 0.29) is 0 Å². The first kappa shape index (κ1) is 15.0. The Balaban J connectivity index is 2.10. The largest absolute Gasteiger partial charge is 0.379 e. The SMILES string of the molecule is CC(C)c1ccc(CC(C)(C#N)N2CCOCC2)cc1. The van der Waals surface area contributed by atoms with Gasteiger partial charge in [0.05, 0.1) is 19.3 Å². The summed E-state index contributed by atoms with van der Waals surface area (Å²) in [4.78, 5) is 2.24. The van der Waals surface area contributed by atoms with Crippen molar-refractivity contribution in [3.05, 3.63) is 35.4 Å². The molecule has 1 heterocycles. The third-order valence-electron chi connectivity index (χ3n) is 4.14. The van der Waals surface area contributed by atoms with Crippen LogP contribution >= 0.6 is 0 Å². The van der Waals surface area contributed by atoms with E-state index in [4.69, 9.17) is 4.74 Å². The molecule has 1 aromatic rings. The van der Waals surface area contributed by atoms with Gasteiger partial charge in [-0.05, 0) is 24.0 Å². The van der Waals surface area contributed by atoms with Crippen LogP contribution in [0.1, 0.15) is 37.8 Å². The average molecular weight is 272 g/mol. The number of benzene rings is 1. The van der Waals surface area contributed by atoms with Crippen molar-refractivity contribution in [3.63, 3.8) is 0 Å². The quantitative estimate of drug-likeness (QED) is 0.845. The van der Waals surface area contributed by atoms with Crippen molar-refractivity contribution < 1.29 is 4.74 Å². The van der Waals surface area contributed by atoms with E-state index >= 15 is 0 Å². The van der Waals surface area contributed by atoms with Crippen LogP contribution in [0.2, 0.25) is 0 Å². The van der Waals surface area contributed by atoms with E-state index < -0.39 is 5.54 Å². The Bertz CT molecular complexity index is 469. The normalized spacial score (nSPS) is 19.6. The van der Waals surface area contributed by atoms with Crippen LogP contribution in [0.15, 0.2) is 24.3 Å². The number of nitrogens with zero attached hydrogens (tertiary/aromatic N) is 2. The topological polar surface area (TPSA) is 36.3 Å². The summed E-state index contributed by atoms with van der Waals surface area (Å²) in [6, 6.07) is 11.2. The Morgan fingerprint density at radius 3 is 2.35 bits per heavy atom. The summed E-state index contributed by atoms with van der Waals surface area (Å²) in [6.07, 6.45) is 0.766. The molecular formula is C17H24N2O. The Morgan fingerprint density at radius 1 is 1.25 bits per heavy atom. The van der Waals surface area contributed by atoms with E-state index in [9.17, 15) is 5.26 Å². The van der Waals surface area contributed by atoms with Gasteiger partial charge in [-0.25, -0.2) is 0 Å². The maximum atomic E-state index is 9.61. The molecule has 0 N–H and O–H groups in total. The standard InChI is InChI=1S/C17H24N2O/c1-14(2)16-6-4-15(5-7-16)12-17(3,13-18)19-8-10-20-11-9-19/h4-7,14H,8-12H2,1-3H3. The lowest BCUT2D eigenvalue weighted by molar-refractivity contribution is 0.00189. The second-order valence-electron chi connectivity index (χ2n) is 6.06. The Kier molecular flexibility index (Phi) is 4.80. The van der Waals surface area contributed by atoms with Gasteiger partial charge < -0.3 is 4.74 Å². The summed E-state index contributed by atoms with van der Waals surface area (Å²) in [5.74, 6) is 0.547. The van der Waals surface area contributed by atoms with Crippen LogP contribution in [0, 0.1) is 11.3 Å². The lowest BCUT2D eigenvalue weighted by Crippen LogP contribution is -2.52. The molecule has 0 amide bonds. The van der Waals surface area contributed by atoms with Crippen LogP contribution in [0.4, 0.5) is 0 Å². The van der Waals surface area contributed by atoms with Gasteiger partial charge in [0.25, 0.3) is 0 Å². The zero-order valence-electron chi connectivity index (χ0n) is 12.7. The van der Waals surface area contributed by atoms with E-state index in [0.29, 0.717) is 5.92 Å². The van der Waals surface area contributed by atoms with Crippen LogP contribution in [0.5, 0.6) is 0 Å². The molecule has 0 aliphatic carbocycles. The summed E-state index contributed by atoms with van der Waals surface area (Å²) in [6.45, 7) is 9.56. The summed E-state index contributed by atoms with van der Waals surface area (Å²) < 4.78 is 5.38. The molecule has 0 spiro atoms. The molecule has 0 bridgehead atoms. The third kappa shape index (κ3) is 3.39. The molecular weight excluding hydrogens is 248 g/mol. The van der Waals surface area contributed by atoms with E-state index in [1.165, 1.54) is 11.1 Å². The number of rotatable bonds is 4. The molecule has 1 fully saturated rings. The first-order valence-electron chi connectivity index (χ1n) is 7.38. The van der Waals surface area contributed by atoms with Gasteiger partial charge in [0.15, 0.2) is 0 Å². The molecule has 20 heavy (non-hydrogen) atoms. The molecule has 1 aromatic carbocycles. The van der Waals surface area contributed by atoms with Crippen LogP contribution in [-0.4, -0.2) is 36.7 Å². The summed E-state index contributed by atoms with van der Waals surface area (Å²) in [7, 11) is 0. The van der Waals surface area contributed by atoms with E-state index in [1.54, 1.807) is 0 Å². The molecule has 0 radical (unpaired) electrons. The van der Waals surface area contributed by atoms with Crippen molar-refractivity contribution in [2.24, 2.45) is 0 Å². The van der Waals surface area contributed by atoms with Crippen molar-refractivity contribution in [2.45, 2.75) is 38.6 Å². The third-order valence-corrected chi connectivity index (χ3v) is 4.14. The molecule has 1 unspecified atom stereocenters. The van der Waals surface area contributed by atoms with Crippen LogP contribution in [-0.2, 0) is 11.2 Å². The van der Waals surface area contributed by atoms with Crippen LogP contribution < -0.4 is 0 Å². The van der Waals surface area contributed by atoms with E-state index in [0.717, 1.165) is 32.7 Å². The first-order chi connectivity index (χ1) is 9.55. The molecule has 2 rings (SSSR count). The minimum absolute atomic E-state index is 0.441. The van der Waals surface area contributed by atoms with Gasteiger partial charge >= 0.3 is 0 Å². The van der Waals surface area contributed by atoms with Gasteiger partial charge in [0, 0.05) is 19.5 Å². The van der Waals surface area contributed by atoms with Gasteiger partial charge in [-0.3, -0.25) is 4.90 Å². The smallest absolute Gasteiger partial charge is 0.110 e. The molecule has 1 aliphatic heterocycles. The minimum atomic E-state index is -0.441. The molecule has 1 aliphatic rings. The van der Waals surface area contributed by atoms with Crippen molar-refractivity contribution in [2.75, 3.05) is 26.3 Å². The lowest BCUT2D eigenvalue weighted by atomic mass is 9.90. The van der Waals surface area contributed by atoms with Gasteiger partial charge in [-0.15, -0.1) is 0 Å². The highest BCUT2D eigenvalue weighted by Gasteiger charge is 2.33. The summed E-state index contributed by atoms with van der Waals surface area (Å²) in [5.41, 5.74) is 2.13. The molecule has 1 atom stereocenters. The Labute approximate surface area is 122 Å². The predicted molar refractivity (Wildman–Crippen MR) is 80.6 cm³/mol. The summed E-state index contributed by atoms with van der Waals surface area (Å²) in [5, 5.41) is 9.61. The maximum absolute atomic E-state index is 9.61. The van der Waals surface area contributed by atoms with Crippen molar-refractivity contribution >= 4 is 0 Å².